The number of amides is 1. The molecule has 2 aromatic heterocycles. The summed E-state index contributed by atoms with van der Waals surface area (Å²) in [5.41, 5.74) is 1.50. The van der Waals surface area contributed by atoms with Gasteiger partial charge < -0.3 is 10.2 Å². The van der Waals surface area contributed by atoms with Crippen molar-refractivity contribution in [3.8, 4) is 0 Å². The van der Waals surface area contributed by atoms with Crippen LogP contribution in [0.3, 0.4) is 0 Å². The molecule has 1 aromatic carbocycles. The van der Waals surface area contributed by atoms with Crippen molar-refractivity contribution in [1.82, 2.24) is 4.98 Å². The Labute approximate surface area is 143 Å². The van der Waals surface area contributed by atoms with Crippen LogP contribution in [0.25, 0.3) is 0 Å². The smallest absolute Gasteiger partial charge is 0.243 e. The number of carbonyl (C=O) groups excluding carboxylic acids is 1. The molecule has 0 saturated carbocycles. The van der Waals surface area contributed by atoms with Crippen LogP contribution >= 0.6 is 11.3 Å². The minimum absolute atomic E-state index is 0.137. The second-order valence-corrected chi connectivity index (χ2v) is 6.23. The third kappa shape index (κ3) is 4.39. The number of pyridine rings is 1. The molecule has 0 fully saturated rings. The molecule has 0 aliphatic carbocycles. The molecule has 1 amide bonds. The number of anilines is 2. The van der Waals surface area contributed by atoms with E-state index in [1.54, 1.807) is 48.0 Å². The maximum absolute atomic E-state index is 13.2. The average Bonchev–Trinajstić information content (AvgIpc) is 3.09. The molecule has 0 saturated heterocycles. The topological polar surface area (TPSA) is 45.2 Å². The molecule has 0 bridgehead atoms. The number of benzene rings is 1. The Balaban J connectivity index is 1.74. The molecular formula is C18H16FN3OS. The molecule has 2 heterocycles. The van der Waals surface area contributed by atoms with Crippen LogP contribution in [0.15, 0.2) is 66.3 Å². The first-order valence-corrected chi connectivity index (χ1v) is 8.31. The highest BCUT2D eigenvalue weighted by Gasteiger charge is 2.13. The molecule has 0 unspecified atom stereocenters. The third-order valence-electron chi connectivity index (χ3n) is 3.42. The van der Waals surface area contributed by atoms with Gasteiger partial charge in [-0.2, -0.15) is 0 Å². The first-order chi connectivity index (χ1) is 11.7. The molecule has 24 heavy (non-hydrogen) atoms. The average molecular weight is 341 g/mol. The molecule has 4 nitrogen and oxygen atoms in total. The maximum atomic E-state index is 13.2. The van der Waals surface area contributed by atoms with Crippen LogP contribution in [0.4, 0.5) is 15.8 Å². The van der Waals surface area contributed by atoms with Crippen molar-refractivity contribution in [2.24, 2.45) is 0 Å². The Morgan fingerprint density at radius 1 is 1.12 bits per heavy atom. The summed E-state index contributed by atoms with van der Waals surface area (Å²) in [5, 5.41) is 4.84. The zero-order valence-corrected chi connectivity index (χ0v) is 13.7. The summed E-state index contributed by atoms with van der Waals surface area (Å²) in [4.78, 5) is 19.3. The number of aromatic nitrogens is 1. The second-order valence-electron chi connectivity index (χ2n) is 5.20. The third-order valence-corrected chi connectivity index (χ3v) is 4.28. The van der Waals surface area contributed by atoms with Crippen molar-refractivity contribution in [2.45, 2.75) is 6.54 Å². The standard InChI is InChI=1S/C18H16FN3OS/c19-14-3-5-16(6-4-14)22(12-17-2-1-11-24-17)13-18(23)21-15-7-9-20-10-8-15/h1-11H,12-13H2,(H,20,21,23). The number of hydrogen-bond donors (Lipinski definition) is 1. The summed E-state index contributed by atoms with van der Waals surface area (Å²) in [6.07, 6.45) is 3.25. The van der Waals surface area contributed by atoms with Gasteiger partial charge >= 0.3 is 0 Å². The Bertz CT molecular complexity index is 776. The second kappa shape index (κ2) is 7.70. The van der Waals surface area contributed by atoms with E-state index in [4.69, 9.17) is 0 Å². The van der Waals surface area contributed by atoms with Crippen molar-refractivity contribution < 1.29 is 9.18 Å². The van der Waals surface area contributed by atoms with E-state index in [-0.39, 0.29) is 18.3 Å². The highest BCUT2D eigenvalue weighted by atomic mass is 32.1. The number of hydrogen-bond acceptors (Lipinski definition) is 4. The zero-order valence-electron chi connectivity index (χ0n) is 12.9. The lowest BCUT2D eigenvalue weighted by Crippen LogP contribution is -2.32. The summed E-state index contributed by atoms with van der Waals surface area (Å²) >= 11 is 1.62. The highest BCUT2D eigenvalue weighted by Crippen LogP contribution is 2.20. The SMILES string of the molecule is O=C(CN(Cc1cccs1)c1ccc(F)cc1)Nc1ccncc1. The zero-order chi connectivity index (χ0) is 16.8. The lowest BCUT2D eigenvalue weighted by Gasteiger charge is -2.23. The Morgan fingerprint density at radius 3 is 2.54 bits per heavy atom. The Hall–Kier alpha value is -2.73. The van der Waals surface area contributed by atoms with Crippen molar-refractivity contribution >= 4 is 28.6 Å². The molecule has 0 atom stereocenters. The molecule has 0 aliphatic rings. The summed E-state index contributed by atoms with van der Waals surface area (Å²) in [5.74, 6) is -0.432. The number of nitrogens with zero attached hydrogens (tertiary/aromatic N) is 2. The van der Waals surface area contributed by atoms with Gasteiger partial charge in [0.25, 0.3) is 0 Å². The molecular weight excluding hydrogens is 325 g/mol. The van der Waals surface area contributed by atoms with Gasteiger partial charge in [-0.05, 0) is 47.8 Å². The molecule has 0 radical (unpaired) electrons. The predicted molar refractivity (Wildman–Crippen MR) is 94.6 cm³/mol. The normalized spacial score (nSPS) is 10.4. The van der Waals surface area contributed by atoms with E-state index in [0.717, 1.165) is 10.6 Å². The van der Waals surface area contributed by atoms with E-state index in [1.165, 1.54) is 12.1 Å². The summed E-state index contributed by atoms with van der Waals surface area (Å²) < 4.78 is 13.2. The van der Waals surface area contributed by atoms with Gasteiger partial charge in [-0.3, -0.25) is 9.78 Å². The van der Waals surface area contributed by atoms with E-state index in [1.807, 2.05) is 22.4 Å². The number of thiophene rings is 1. The van der Waals surface area contributed by atoms with Crippen molar-refractivity contribution in [1.29, 1.82) is 0 Å². The molecule has 0 spiro atoms. The minimum atomic E-state index is -0.295. The monoisotopic (exact) mass is 341 g/mol. The number of halogens is 1. The Morgan fingerprint density at radius 2 is 1.88 bits per heavy atom. The first-order valence-electron chi connectivity index (χ1n) is 7.43. The Kier molecular flexibility index (Phi) is 5.18. The molecule has 1 N–H and O–H groups in total. The van der Waals surface area contributed by atoms with Gasteiger partial charge in [-0.25, -0.2) is 4.39 Å². The number of rotatable bonds is 6. The van der Waals surface area contributed by atoms with Crippen molar-refractivity contribution in [3.63, 3.8) is 0 Å². The van der Waals surface area contributed by atoms with Crippen LogP contribution in [0.1, 0.15) is 4.88 Å². The lowest BCUT2D eigenvalue weighted by atomic mass is 10.2. The van der Waals surface area contributed by atoms with Crippen LogP contribution in [0.5, 0.6) is 0 Å². The van der Waals surface area contributed by atoms with E-state index in [0.29, 0.717) is 12.2 Å². The summed E-state index contributed by atoms with van der Waals surface area (Å²) in [7, 11) is 0. The van der Waals surface area contributed by atoms with Crippen LogP contribution in [-0.2, 0) is 11.3 Å². The van der Waals surface area contributed by atoms with Gasteiger partial charge in [0.05, 0.1) is 13.1 Å². The van der Waals surface area contributed by atoms with Gasteiger partial charge in [0.1, 0.15) is 5.82 Å². The van der Waals surface area contributed by atoms with Crippen molar-refractivity contribution in [3.05, 3.63) is 77.0 Å². The van der Waals surface area contributed by atoms with Crippen LogP contribution in [0.2, 0.25) is 0 Å². The van der Waals surface area contributed by atoms with Crippen molar-refractivity contribution in [2.75, 3.05) is 16.8 Å². The van der Waals surface area contributed by atoms with E-state index in [9.17, 15) is 9.18 Å². The predicted octanol–water partition coefficient (Wildman–Crippen LogP) is 3.93. The van der Waals surface area contributed by atoms with Crippen LogP contribution in [0, 0.1) is 5.82 Å². The van der Waals surface area contributed by atoms with Crippen LogP contribution in [-0.4, -0.2) is 17.4 Å². The van der Waals surface area contributed by atoms with Gasteiger partial charge in [0, 0.05) is 28.6 Å². The molecule has 6 heteroatoms. The summed E-state index contributed by atoms with van der Waals surface area (Å²) in [6, 6.07) is 13.6. The van der Waals surface area contributed by atoms with Gasteiger partial charge in [0.15, 0.2) is 0 Å². The molecule has 122 valence electrons. The fourth-order valence-corrected chi connectivity index (χ4v) is 3.01. The van der Waals surface area contributed by atoms with Gasteiger partial charge in [-0.15, -0.1) is 11.3 Å². The quantitative estimate of drug-likeness (QED) is 0.739. The van der Waals surface area contributed by atoms with Gasteiger partial charge in [0.2, 0.25) is 5.91 Å². The maximum Gasteiger partial charge on any atom is 0.243 e. The fraction of sp³-hybridized carbons (Fsp3) is 0.111. The lowest BCUT2D eigenvalue weighted by molar-refractivity contribution is -0.115. The van der Waals surface area contributed by atoms with Crippen LogP contribution < -0.4 is 10.2 Å². The first kappa shape index (κ1) is 16.1. The number of nitrogens with one attached hydrogen (secondary N) is 1. The fourth-order valence-electron chi connectivity index (χ4n) is 2.29. The molecule has 3 aromatic rings. The molecule has 3 rings (SSSR count). The van der Waals surface area contributed by atoms with E-state index >= 15 is 0 Å². The minimum Gasteiger partial charge on any atom is -0.357 e. The summed E-state index contributed by atoms with van der Waals surface area (Å²) in [6.45, 7) is 0.763. The molecule has 0 aliphatic heterocycles. The van der Waals surface area contributed by atoms with E-state index in [2.05, 4.69) is 10.3 Å². The largest absolute Gasteiger partial charge is 0.357 e. The van der Waals surface area contributed by atoms with E-state index < -0.39 is 0 Å². The number of carbonyl (C=O) groups is 1. The highest BCUT2D eigenvalue weighted by molar-refractivity contribution is 7.09. The van der Waals surface area contributed by atoms with Gasteiger partial charge in [-0.1, -0.05) is 6.07 Å².